The average Bonchev–Trinajstić information content (AvgIpc) is 3.27. The van der Waals surface area contributed by atoms with Gasteiger partial charge in [0.05, 0.1) is 19.2 Å². The van der Waals surface area contributed by atoms with Gasteiger partial charge in [0, 0.05) is 49.1 Å². The van der Waals surface area contributed by atoms with Crippen molar-refractivity contribution in [1.82, 2.24) is 29.4 Å². The van der Waals surface area contributed by atoms with E-state index in [0.29, 0.717) is 34.8 Å². The second-order valence-electron chi connectivity index (χ2n) is 10.3. The molecule has 41 heavy (non-hydrogen) atoms. The third-order valence-electron chi connectivity index (χ3n) is 7.49. The lowest BCUT2D eigenvalue weighted by atomic mass is 10.1. The van der Waals surface area contributed by atoms with Crippen LogP contribution in [0.2, 0.25) is 5.02 Å². The third-order valence-corrected chi connectivity index (χ3v) is 7.73. The molecule has 2 aliphatic heterocycles. The lowest BCUT2D eigenvalue weighted by Gasteiger charge is -2.40. The van der Waals surface area contributed by atoms with Crippen molar-refractivity contribution < 1.29 is 23.8 Å². The summed E-state index contributed by atoms with van der Waals surface area (Å²) in [7, 11) is 0. The van der Waals surface area contributed by atoms with Crippen molar-refractivity contribution in [3.63, 3.8) is 0 Å². The van der Waals surface area contributed by atoms with Gasteiger partial charge in [-0.15, -0.1) is 0 Å². The molecule has 4 aromatic rings. The standard InChI is InChI=1S/C28H29ClFN7O4/c1-17-13-36(24-6-8-31-28(34-24)41-16-18-2-3-19(29)12-21(18)30)10-9-35(17)15-25-32-22-4-5-23(27(38)39)33-26(22)37(25)14-20-7-11-40-20/h2-6,8,12,17,20H,7,9-11,13-16H2,1H3,(H,38,39)/t17-,20-/m0/s1. The van der Waals surface area contributed by atoms with E-state index >= 15 is 0 Å². The molecule has 13 heteroatoms. The first-order chi connectivity index (χ1) is 19.8. The third kappa shape index (κ3) is 5.95. The Morgan fingerprint density at radius 3 is 2.78 bits per heavy atom. The van der Waals surface area contributed by atoms with Crippen LogP contribution >= 0.6 is 11.6 Å². The highest BCUT2D eigenvalue weighted by Gasteiger charge is 2.28. The van der Waals surface area contributed by atoms with Gasteiger partial charge in [0.2, 0.25) is 0 Å². The van der Waals surface area contributed by atoms with Crippen LogP contribution in [0.1, 0.15) is 35.2 Å². The molecule has 6 rings (SSSR count). The highest BCUT2D eigenvalue weighted by Crippen LogP contribution is 2.24. The first-order valence-corrected chi connectivity index (χ1v) is 13.8. The van der Waals surface area contributed by atoms with Crippen molar-refractivity contribution in [3.8, 4) is 6.01 Å². The molecule has 0 aliphatic carbocycles. The number of benzene rings is 1. The van der Waals surface area contributed by atoms with Crippen molar-refractivity contribution >= 4 is 34.6 Å². The van der Waals surface area contributed by atoms with Gasteiger partial charge in [0.15, 0.2) is 11.3 Å². The molecule has 0 radical (unpaired) electrons. The van der Waals surface area contributed by atoms with Crippen LogP contribution < -0.4 is 9.64 Å². The molecule has 3 aromatic heterocycles. The van der Waals surface area contributed by atoms with Crippen LogP contribution in [-0.4, -0.2) is 78.9 Å². The van der Waals surface area contributed by atoms with Crippen molar-refractivity contribution in [1.29, 1.82) is 0 Å². The zero-order valence-electron chi connectivity index (χ0n) is 22.4. The van der Waals surface area contributed by atoms with E-state index in [2.05, 4.69) is 31.7 Å². The molecule has 0 unspecified atom stereocenters. The van der Waals surface area contributed by atoms with Crippen LogP contribution in [0, 0.1) is 5.82 Å². The number of imidazole rings is 1. The van der Waals surface area contributed by atoms with Crippen LogP contribution in [0.25, 0.3) is 11.2 Å². The molecule has 5 heterocycles. The first-order valence-electron chi connectivity index (χ1n) is 13.4. The Hall–Kier alpha value is -3.87. The molecule has 2 saturated heterocycles. The number of hydrogen-bond donors (Lipinski definition) is 1. The zero-order valence-corrected chi connectivity index (χ0v) is 23.2. The number of fused-ring (bicyclic) bond motifs is 1. The second-order valence-corrected chi connectivity index (χ2v) is 10.7. The molecule has 214 valence electrons. The maximum absolute atomic E-state index is 14.1. The van der Waals surface area contributed by atoms with Crippen LogP contribution in [0.15, 0.2) is 42.6 Å². The lowest BCUT2D eigenvalue weighted by Crippen LogP contribution is -2.52. The van der Waals surface area contributed by atoms with E-state index in [1.54, 1.807) is 24.4 Å². The smallest absolute Gasteiger partial charge is 0.354 e. The van der Waals surface area contributed by atoms with Gasteiger partial charge in [-0.1, -0.05) is 17.7 Å². The number of hydrogen-bond acceptors (Lipinski definition) is 9. The van der Waals surface area contributed by atoms with Gasteiger partial charge in [0.1, 0.15) is 29.6 Å². The molecular weight excluding hydrogens is 553 g/mol. The summed E-state index contributed by atoms with van der Waals surface area (Å²) in [6.45, 7) is 6.24. The Bertz CT molecular complexity index is 1580. The van der Waals surface area contributed by atoms with E-state index < -0.39 is 11.8 Å². The lowest BCUT2D eigenvalue weighted by molar-refractivity contribution is -0.0593. The minimum atomic E-state index is -1.07. The largest absolute Gasteiger partial charge is 0.477 e. The number of ether oxygens (including phenoxy) is 2. The van der Waals surface area contributed by atoms with Crippen LogP contribution in [-0.2, 0) is 24.4 Å². The number of halogens is 2. The van der Waals surface area contributed by atoms with Crippen molar-refractivity contribution in [2.24, 2.45) is 0 Å². The SMILES string of the molecule is C[C@H]1CN(c2ccnc(OCc3ccc(Cl)cc3F)n2)CCN1Cc1nc2ccc(C(=O)O)nc2n1C[C@@H]1CCO1. The first kappa shape index (κ1) is 27.3. The summed E-state index contributed by atoms with van der Waals surface area (Å²) < 4.78 is 27.5. The molecule has 0 bridgehead atoms. The van der Waals surface area contributed by atoms with Crippen LogP contribution in [0.5, 0.6) is 6.01 Å². The van der Waals surface area contributed by atoms with Gasteiger partial charge >= 0.3 is 12.0 Å². The average molecular weight is 582 g/mol. The summed E-state index contributed by atoms with van der Waals surface area (Å²) in [4.78, 5) is 34.0. The minimum Gasteiger partial charge on any atom is -0.477 e. The minimum absolute atomic E-state index is 0.00629. The number of anilines is 1. The number of piperazine rings is 1. The fourth-order valence-corrected chi connectivity index (χ4v) is 5.25. The molecule has 0 saturated carbocycles. The molecule has 2 fully saturated rings. The van der Waals surface area contributed by atoms with Crippen molar-refractivity contribution in [3.05, 3.63) is 70.5 Å². The number of rotatable bonds is 9. The number of aromatic nitrogens is 5. The van der Waals surface area contributed by atoms with E-state index in [0.717, 1.165) is 44.3 Å². The summed E-state index contributed by atoms with van der Waals surface area (Å²) in [6, 6.07) is 9.82. The van der Waals surface area contributed by atoms with E-state index in [-0.39, 0.29) is 30.5 Å². The highest BCUT2D eigenvalue weighted by atomic mass is 35.5. The number of carboxylic acid groups (broad SMARTS) is 1. The van der Waals surface area contributed by atoms with Gasteiger partial charge in [-0.2, -0.15) is 4.98 Å². The van der Waals surface area contributed by atoms with E-state index in [1.807, 2.05) is 10.6 Å². The summed E-state index contributed by atoms with van der Waals surface area (Å²) in [5, 5.41) is 9.77. The topological polar surface area (TPSA) is 119 Å². The summed E-state index contributed by atoms with van der Waals surface area (Å²) in [5.41, 5.74) is 1.60. The number of aromatic carboxylic acids is 1. The normalized spacial score (nSPS) is 19.3. The van der Waals surface area contributed by atoms with E-state index in [4.69, 9.17) is 26.1 Å². The zero-order chi connectivity index (χ0) is 28.5. The maximum Gasteiger partial charge on any atom is 0.354 e. The van der Waals surface area contributed by atoms with Gasteiger partial charge in [-0.05, 0) is 43.7 Å². The molecule has 1 aromatic carbocycles. The predicted octanol–water partition coefficient (Wildman–Crippen LogP) is 3.79. The monoisotopic (exact) mass is 581 g/mol. The predicted molar refractivity (Wildman–Crippen MR) is 149 cm³/mol. The molecule has 2 atom stereocenters. The van der Waals surface area contributed by atoms with Crippen molar-refractivity contribution in [2.45, 2.75) is 45.2 Å². The number of carbonyl (C=O) groups is 1. The maximum atomic E-state index is 14.1. The molecule has 0 spiro atoms. The molecule has 11 nitrogen and oxygen atoms in total. The van der Waals surface area contributed by atoms with E-state index in [1.165, 1.54) is 12.1 Å². The fourth-order valence-electron chi connectivity index (χ4n) is 5.09. The van der Waals surface area contributed by atoms with Crippen LogP contribution in [0.4, 0.5) is 10.2 Å². The quantitative estimate of drug-likeness (QED) is 0.313. The Morgan fingerprint density at radius 1 is 1.20 bits per heavy atom. The number of nitrogens with zero attached hydrogens (tertiary/aromatic N) is 7. The molecule has 1 N–H and O–H groups in total. The molecular formula is C28H29ClFN7O4. The molecule has 0 amide bonds. The second kappa shape index (κ2) is 11.6. The number of carboxylic acids is 1. The van der Waals surface area contributed by atoms with Crippen molar-refractivity contribution in [2.75, 3.05) is 31.1 Å². The number of pyridine rings is 1. The van der Waals surface area contributed by atoms with E-state index in [9.17, 15) is 14.3 Å². The highest BCUT2D eigenvalue weighted by molar-refractivity contribution is 6.30. The molecule has 2 aliphatic rings. The summed E-state index contributed by atoms with van der Waals surface area (Å²) in [5.74, 6) is 0.0579. The Labute approximate surface area is 240 Å². The van der Waals surface area contributed by atoms with Gasteiger partial charge in [-0.3, -0.25) is 4.90 Å². The van der Waals surface area contributed by atoms with Gasteiger partial charge in [0.25, 0.3) is 0 Å². The fraction of sp³-hybridized carbons (Fsp3) is 0.393. The Kier molecular flexibility index (Phi) is 7.69. The summed E-state index contributed by atoms with van der Waals surface area (Å²) in [6.07, 6.45) is 2.66. The summed E-state index contributed by atoms with van der Waals surface area (Å²) >= 11 is 5.83. The van der Waals surface area contributed by atoms with Crippen LogP contribution in [0.3, 0.4) is 0 Å². The Balaban J connectivity index is 1.14. The van der Waals surface area contributed by atoms with Gasteiger partial charge < -0.3 is 24.0 Å². The van der Waals surface area contributed by atoms with Gasteiger partial charge in [-0.25, -0.2) is 24.1 Å². The Morgan fingerprint density at radius 2 is 2.05 bits per heavy atom.